The minimum atomic E-state index is -0.651. The molecular weight excluding hydrogens is 494 g/mol. The van der Waals surface area contributed by atoms with E-state index in [2.05, 4.69) is 29.4 Å². The Morgan fingerprint density at radius 1 is 1.09 bits per heavy atom. The quantitative estimate of drug-likeness (QED) is 0.277. The molecule has 0 bridgehead atoms. The summed E-state index contributed by atoms with van der Waals surface area (Å²) in [7, 11) is 0. The first kappa shape index (κ1) is 22.2. The van der Waals surface area contributed by atoms with Gasteiger partial charge in [-0.05, 0) is 60.0 Å². The molecule has 5 nitrogen and oxygen atoms in total. The zero-order valence-electron chi connectivity index (χ0n) is 18.6. The number of ether oxygens (including phenoxy) is 1. The SMILES string of the molecule is C=CCOc1cccc(C2c3c(oc4ccc(Br)cc4c3=O)C(=O)N2c2ccc(CC)cc2)c1. The predicted molar refractivity (Wildman–Crippen MR) is 137 cm³/mol. The van der Waals surface area contributed by atoms with Crippen LogP contribution in [0.5, 0.6) is 5.75 Å². The Kier molecular flexibility index (Phi) is 5.84. The summed E-state index contributed by atoms with van der Waals surface area (Å²) in [5.41, 5.74) is 3.10. The molecule has 0 spiro atoms. The van der Waals surface area contributed by atoms with Crippen LogP contribution in [-0.2, 0) is 6.42 Å². The van der Waals surface area contributed by atoms with Gasteiger partial charge in [0.25, 0.3) is 5.91 Å². The maximum Gasteiger partial charge on any atom is 0.295 e. The van der Waals surface area contributed by atoms with Gasteiger partial charge < -0.3 is 9.15 Å². The minimum absolute atomic E-state index is 0.0711. The zero-order chi connectivity index (χ0) is 23.8. The summed E-state index contributed by atoms with van der Waals surface area (Å²) < 4.78 is 12.5. The molecule has 0 N–H and O–H groups in total. The van der Waals surface area contributed by atoms with Crippen LogP contribution < -0.4 is 15.1 Å². The van der Waals surface area contributed by atoms with Crippen LogP contribution in [0.3, 0.4) is 0 Å². The third kappa shape index (κ3) is 3.74. The number of carbonyl (C=O) groups is 1. The van der Waals surface area contributed by atoms with E-state index in [-0.39, 0.29) is 17.1 Å². The zero-order valence-corrected chi connectivity index (χ0v) is 20.2. The molecule has 0 saturated carbocycles. The number of hydrogen-bond donors (Lipinski definition) is 0. The van der Waals surface area contributed by atoms with Crippen molar-refractivity contribution in [3.05, 3.63) is 117 Å². The van der Waals surface area contributed by atoms with Gasteiger partial charge in [-0.25, -0.2) is 0 Å². The number of hydrogen-bond acceptors (Lipinski definition) is 4. The molecule has 3 aromatic carbocycles. The summed E-state index contributed by atoms with van der Waals surface area (Å²) in [6.07, 6.45) is 2.56. The molecule has 0 aliphatic carbocycles. The number of aryl methyl sites for hydroxylation is 1. The van der Waals surface area contributed by atoms with E-state index >= 15 is 0 Å². The van der Waals surface area contributed by atoms with E-state index in [0.717, 1.165) is 22.0 Å². The number of halogens is 1. The van der Waals surface area contributed by atoms with E-state index in [1.807, 2.05) is 48.5 Å². The molecule has 1 aliphatic heterocycles. The smallest absolute Gasteiger partial charge is 0.295 e. The van der Waals surface area contributed by atoms with Crippen molar-refractivity contribution in [3.63, 3.8) is 0 Å². The second-order valence-electron chi connectivity index (χ2n) is 8.08. The van der Waals surface area contributed by atoms with Crippen molar-refractivity contribution < 1.29 is 13.9 Å². The first-order chi connectivity index (χ1) is 16.5. The molecule has 1 unspecified atom stereocenters. The van der Waals surface area contributed by atoms with Crippen molar-refractivity contribution >= 4 is 38.5 Å². The van der Waals surface area contributed by atoms with Gasteiger partial charge in [0, 0.05) is 10.2 Å². The van der Waals surface area contributed by atoms with Crippen LogP contribution in [0.2, 0.25) is 0 Å². The van der Waals surface area contributed by atoms with Gasteiger partial charge in [0.05, 0.1) is 17.0 Å². The molecule has 0 fully saturated rings. The fraction of sp³-hybridized carbons (Fsp3) is 0.143. The second-order valence-corrected chi connectivity index (χ2v) is 9.00. The second kappa shape index (κ2) is 8.95. The number of rotatable bonds is 6. The number of anilines is 1. The van der Waals surface area contributed by atoms with E-state index in [1.165, 1.54) is 0 Å². The van der Waals surface area contributed by atoms with Gasteiger partial charge in [0.1, 0.15) is 17.9 Å². The lowest BCUT2D eigenvalue weighted by molar-refractivity contribution is 0.0971. The molecule has 1 aromatic heterocycles. The Morgan fingerprint density at radius 3 is 2.62 bits per heavy atom. The highest BCUT2D eigenvalue weighted by atomic mass is 79.9. The Balaban J connectivity index is 1.75. The average Bonchev–Trinajstić information content (AvgIpc) is 3.16. The monoisotopic (exact) mass is 515 g/mol. The van der Waals surface area contributed by atoms with E-state index in [1.54, 1.807) is 29.2 Å². The molecule has 0 saturated heterocycles. The van der Waals surface area contributed by atoms with Crippen molar-refractivity contribution in [3.8, 4) is 5.75 Å². The van der Waals surface area contributed by atoms with Gasteiger partial charge in [-0.2, -0.15) is 0 Å². The van der Waals surface area contributed by atoms with Gasteiger partial charge in [-0.1, -0.05) is 59.8 Å². The Hall–Kier alpha value is -3.64. The summed E-state index contributed by atoms with van der Waals surface area (Å²) in [5, 5.41) is 0.424. The van der Waals surface area contributed by atoms with Crippen LogP contribution >= 0.6 is 15.9 Å². The molecule has 1 aliphatic rings. The van der Waals surface area contributed by atoms with Crippen molar-refractivity contribution in [1.29, 1.82) is 0 Å². The van der Waals surface area contributed by atoms with Crippen molar-refractivity contribution in [1.82, 2.24) is 0 Å². The standard InChI is InChI=1S/C28H22BrNO4/c1-3-14-33-21-7-5-6-18(15-21)25-24-26(31)22-16-19(29)10-13-23(22)34-27(24)28(32)30(25)20-11-8-17(4-2)9-12-20/h3,5-13,15-16,25H,1,4,14H2,2H3. The summed E-state index contributed by atoms with van der Waals surface area (Å²) in [4.78, 5) is 29.1. The molecule has 5 rings (SSSR count). The van der Waals surface area contributed by atoms with Gasteiger partial charge in [0.2, 0.25) is 5.76 Å². The number of amides is 1. The van der Waals surface area contributed by atoms with Crippen LogP contribution in [0.4, 0.5) is 5.69 Å². The highest BCUT2D eigenvalue weighted by molar-refractivity contribution is 9.10. The summed E-state index contributed by atoms with van der Waals surface area (Å²) in [6.45, 7) is 6.13. The molecule has 2 heterocycles. The fourth-order valence-electron chi connectivity index (χ4n) is 4.35. The van der Waals surface area contributed by atoms with Crippen molar-refractivity contribution in [2.45, 2.75) is 19.4 Å². The van der Waals surface area contributed by atoms with Crippen molar-refractivity contribution in [2.75, 3.05) is 11.5 Å². The van der Waals surface area contributed by atoms with Crippen LogP contribution in [0.25, 0.3) is 11.0 Å². The Morgan fingerprint density at radius 2 is 1.88 bits per heavy atom. The highest BCUT2D eigenvalue weighted by Gasteiger charge is 2.43. The summed E-state index contributed by atoms with van der Waals surface area (Å²) in [6, 6.07) is 19.8. The van der Waals surface area contributed by atoms with E-state index in [4.69, 9.17) is 9.15 Å². The highest BCUT2D eigenvalue weighted by Crippen LogP contribution is 2.42. The Bertz CT molecular complexity index is 1470. The lowest BCUT2D eigenvalue weighted by atomic mass is 9.98. The number of benzene rings is 3. The molecular formula is C28H22BrNO4. The summed E-state index contributed by atoms with van der Waals surface area (Å²) >= 11 is 3.43. The van der Waals surface area contributed by atoms with E-state index < -0.39 is 6.04 Å². The number of carbonyl (C=O) groups excluding carboxylic acids is 1. The lowest BCUT2D eigenvalue weighted by Gasteiger charge is -2.25. The Labute approximate surface area is 205 Å². The van der Waals surface area contributed by atoms with Gasteiger partial charge in [0.15, 0.2) is 5.43 Å². The fourth-order valence-corrected chi connectivity index (χ4v) is 4.71. The van der Waals surface area contributed by atoms with Crippen molar-refractivity contribution in [2.24, 2.45) is 0 Å². The van der Waals surface area contributed by atoms with E-state index in [9.17, 15) is 9.59 Å². The molecule has 6 heteroatoms. The topological polar surface area (TPSA) is 59.8 Å². The third-order valence-electron chi connectivity index (χ3n) is 6.00. The van der Waals surface area contributed by atoms with Crippen LogP contribution in [0.1, 0.15) is 40.2 Å². The number of nitrogens with zero attached hydrogens (tertiary/aromatic N) is 1. The maximum absolute atomic E-state index is 13.7. The van der Waals surface area contributed by atoms with Gasteiger partial charge in [-0.15, -0.1) is 0 Å². The average molecular weight is 516 g/mol. The summed E-state index contributed by atoms with van der Waals surface area (Å²) in [5.74, 6) is 0.359. The molecule has 4 aromatic rings. The van der Waals surface area contributed by atoms with Crippen LogP contribution in [-0.4, -0.2) is 12.5 Å². The predicted octanol–water partition coefficient (Wildman–Crippen LogP) is 6.43. The first-order valence-corrected chi connectivity index (χ1v) is 11.8. The first-order valence-electron chi connectivity index (χ1n) is 11.0. The minimum Gasteiger partial charge on any atom is -0.490 e. The molecule has 1 atom stereocenters. The lowest BCUT2D eigenvalue weighted by Crippen LogP contribution is -2.29. The molecule has 1 amide bonds. The van der Waals surface area contributed by atoms with Crippen LogP contribution in [0, 0.1) is 0 Å². The molecule has 34 heavy (non-hydrogen) atoms. The molecule has 170 valence electrons. The van der Waals surface area contributed by atoms with Gasteiger partial charge in [-0.3, -0.25) is 14.5 Å². The largest absolute Gasteiger partial charge is 0.490 e. The maximum atomic E-state index is 13.7. The third-order valence-corrected chi connectivity index (χ3v) is 6.49. The molecule has 0 radical (unpaired) electrons. The van der Waals surface area contributed by atoms with Crippen LogP contribution in [0.15, 0.2) is 93.1 Å². The number of fused-ring (bicyclic) bond motifs is 2. The van der Waals surface area contributed by atoms with Gasteiger partial charge >= 0.3 is 0 Å². The normalized spacial score (nSPS) is 14.9. The van der Waals surface area contributed by atoms with E-state index in [0.29, 0.717) is 34.6 Å².